The van der Waals surface area contributed by atoms with Gasteiger partial charge in [0.05, 0.1) is 11.1 Å². The molecule has 1 amide bonds. The summed E-state index contributed by atoms with van der Waals surface area (Å²) < 4.78 is 0. The van der Waals surface area contributed by atoms with Gasteiger partial charge in [0.15, 0.2) is 0 Å². The third-order valence-electron chi connectivity index (χ3n) is 5.04. The van der Waals surface area contributed by atoms with Crippen LogP contribution in [0.1, 0.15) is 49.3 Å². The quantitative estimate of drug-likeness (QED) is 0.741. The third kappa shape index (κ3) is 2.78. The maximum atomic E-state index is 12.5. The molecule has 2 N–H and O–H groups in total. The molecule has 1 heterocycles. The normalized spacial score (nSPS) is 27.8. The number of aryl methyl sites for hydroxylation is 2. The molecule has 0 unspecified atom stereocenters. The first-order valence-electron chi connectivity index (χ1n) is 7.68. The number of rotatable bonds is 1. The summed E-state index contributed by atoms with van der Waals surface area (Å²) in [5, 5.41) is 13.9. The van der Waals surface area contributed by atoms with Crippen molar-refractivity contribution in [3.8, 4) is 0 Å². The maximum Gasteiger partial charge on any atom is 0.254 e. The van der Waals surface area contributed by atoms with E-state index in [4.69, 9.17) is 0 Å². The molecule has 3 nitrogen and oxygen atoms in total. The summed E-state index contributed by atoms with van der Waals surface area (Å²) >= 11 is 0. The Hall–Kier alpha value is -0.666. The number of hydrogen-bond acceptors (Lipinski definition) is 2. The van der Waals surface area contributed by atoms with E-state index in [2.05, 4.69) is 18.3 Å². The number of carbonyl (C=O) groups is 1. The summed E-state index contributed by atoms with van der Waals surface area (Å²) in [7, 11) is 0. The topological polar surface area (TPSA) is 49.3 Å². The van der Waals surface area contributed by atoms with E-state index in [1.54, 1.807) is 0 Å². The van der Waals surface area contributed by atoms with E-state index < -0.39 is 5.54 Å². The number of nitrogens with one attached hydrogen (secondary N) is 1. The summed E-state index contributed by atoms with van der Waals surface area (Å²) in [6.45, 7) is 6.15. The summed E-state index contributed by atoms with van der Waals surface area (Å²) in [6.07, 6.45) is 3.73. The maximum absolute atomic E-state index is 12.5. The molecule has 1 fully saturated rings. The first-order chi connectivity index (χ1) is 9.94. The van der Waals surface area contributed by atoms with Crippen LogP contribution in [0, 0.1) is 25.8 Å². The molecular formula is C18H22NO2Y-. The SMILES string of the molecule is Cc1c[c-]cc(C)c1C1=C(O)C2(CCC(C)CC2)NC1=O.[Y]. The minimum absolute atomic E-state index is 0. The van der Waals surface area contributed by atoms with Gasteiger partial charge < -0.3 is 10.4 Å². The van der Waals surface area contributed by atoms with E-state index in [-0.39, 0.29) is 44.4 Å². The summed E-state index contributed by atoms with van der Waals surface area (Å²) in [5.41, 5.74) is 2.76. The van der Waals surface area contributed by atoms with E-state index in [9.17, 15) is 9.90 Å². The summed E-state index contributed by atoms with van der Waals surface area (Å²) in [5.74, 6) is 0.774. The monoisotopic (exact) mass is 373 g/mol. The van der Waals surface area contributed by atoms with Gasteiger partial charge in [-0.15, -0.1) is 5.56 Å². The van der Waals surface area contributed by atoms with E-state index in [1.807, 2.05) is 26.0 Å². The molecule has 0 aromatic heterocycles. The first kappa shape index (κ1) is 17.7. The molecule has 1 spiro atoms. The molecule has 1 aliphatic carbocycles. The Morgan fingerprint density at radius 2 is 1.77 bits per heavy atom. The van der Waals surface area contributed by atoms with Crippen molar-refractivity contribution in [1.82, 2.24) is 5.32 Å². The third-order valence-corrected chi connectivity index (χ3v) is 5.04. The fourth-order valence-electron chi connectivity index (χ4n) is 3.68. The van der Waals surface area contributed by atoms with Gasteiger partial charge in [-0.2, -0.15) is 29.3 Å². The van der Waals surface area contributed by atoms with Gasteiger partial charge in [0.25, 0.3) is 5.91 Å². The molecular weight excluding hydrogens is 351 g/mol. The standard InChI is InChI=1S/C18H22NO2.Y/c1-11-7-9-18(10-8-11)16(20)15(17(21)19-18)14-12(2)5-4-6-13(14)3;/h5-6,11,20H,7-10H2,1-3H3,(H,19,21);/q-1;. The second kappa shape index (κ2) is 6.45. The zero-order valence-electron chi connectivity index (χ0n) is 13.5. The molecule has 22 heavy (non-hydrogen) atoms. The van der Waals surface area contributed by atoms with Crippen LogP contribution in [0.4, 0.5) is 0 Å². The molecule has 4 heteroatoms. The van der Waals surface area contributed by atoms with Crippen molar-refractivity contribution in [3.05, 3.63) is 40.6 Å². The zero-order valence-corrected chi connectivity index (χ0v) is 16.3. The molecule has 0 atom stereocenters. The molecule has 0 saturated heterocycles. The number of aliphatic hydroxyl groups excluding tert-OH is 1. The smallest absolute Gasteiger partial charge is 0.254 e. The Morgan fingerprint density at radius 3 is 2.32 bits per heavy atom. The molecule has 1 radical (unpaired) electrons. The molecule has 2 aliphatic rings. The van der Waals surface area contributed by atoms with Crippen molar-refractivity contribution in [1.29, 1.82) is 0 Å². The number of aliphatic hydroxyl groups is 1. The van der Waals surface area contributed by atoms with Gasteiger partial charge in [0.1, 0.15) is 5.76 Å². The van der Waals surface area contributed by atoms with Crippen molar-refractivity contribution >= 4 is 11.5 Å². The molecule has 1 aliphatic heterocycles. The van der Waals surface area contributed by atoms with Gasteiger partial charge in [-0.1, -0.05) is 20.8 Å². The van der Waals surface area contributed by atoms with Crippen LogP contribution in [-0.4, -0.2) is 16.6 Å². The second-order valence-electron chi connectivity index (χ2n) is 6.64. The van der Waals surface area contributed by atoms with Gasteiger partial charge in [0, 0.05) is 32.7 Å². The fourth-order valence-corrected chi connectivity index (χ4v) is 3.68. The second-order valence-corrected chi connectivity index (χ2v) is 6.64. The van der Waals surface area contributed by atoms with Crippen molar-refractivity contribution < 1.29 is 42.6 Å². The first-order valence-corrected chi connectivity index (χ1v) is 7.68. The van der Waals surface area contributed by atoms with Crippen LogP contribution in [0.5, 0.6) is 0 Å². The Bertz CT molecular complexity index is 608. The van der Waals surface area contributed by atoms with Gasteiger partial charge in [0.2, 0.25) is 0 Å². The molecule has 3 rings (SSSR count). The predicted octanol–water partition coefficient (Wildman–Crippen LogP) is 3.45. The Labute approximate surface area is 157 Å². The van der Waals surface area contributed by atoms with Crippen LogP contribution in [0.25, 0.3) is 5.57 Å². The van der Waals surface area contributed by atoms with Gasteiger partial charge >= 0.3 is 0 Å². The molecule has 115 valence electrons. The van der Waals surface area contributed by atoms with Gasteiger partial charge in [-0.3, -0.25) is 4.79 Å². The van der Waals surface area contributed by atoms with Crippen LogP contribution in [0.2, 0.25) is 0 Å². The van der Waals surface area contributed by atoms with Crippen LogP contribution in [0.3, 0.4) is 0 Å². The van der Waals surface area contributed by atoms with E-state index >= 15 is 0 Å². The van der Waals surface area contributed by atoms with E-state index in [1.165, 1.54) is 0 Å². The summed E-state index contributed by atoms with van der Waals surface area (Å²) in [6, 6.07) is 6.79. The number of amides is 1. The average Bonchev–Trinajstić information content (AvgIpc) is 2.67. The molecule has 0 bridgehead atoms. The van der Waals surface area contributed by atoms with Crippen LogP contribution < -0.4 is 5.32 Å². The van der Waals surface area contributed by atoms with Gasteiger partial charge in [-0.25, -0.2) is 0 Å². The molecule has 1 saturated carbocycles. The largest absolute Gasteiger partial charge is 0.509 e. The van der Waals surface area contributed by atoms with Gasteiger partial charge in [-0.05, 0) is 31.6 Å². The van der Waals surface area contributed by atoms with E-state index in [0.717, 1.165) is 42.4 Å². The van der Waals surface area contributed by atoms with Crippen LogP contribution in [-0.2, 0) is 37.5 Å². The van der Waals surface area contributed by atoms with Crippen LogP contribution >= 0.6 is 0 Å². The summed E-state index contributed by atoms with van der Waals surface area (Å²) in [4.78, 5) is 12.5. The van der Waals surface area contributed by atoms with Crippen molar-refractivity contribution in [2.24, 2.45) is 5.92 Å². The minimum atomic E-state index is -0.530. The molecule has 1 aromatic carbocycles. The van der Waals surface area contributed by atoms with Crippen LogP contribution in [0.15, 0.2) is 17.9 Å². The van der Waals surface area contributed by atoms with Crippen molar-refractivity contribution in [2.75, 3.05) is 0 Å². The fraction of sp³-hybridized carbons (Fsp3) is 0.500. The average molecular weight is 373 g/mol. The number of benzene rings is 1. The predicted molar refractivity (Wildman–Crippen MR) is 82.8 cm³/mol. The number of hydrogen-bond donors (Lipinski definition) is 2. The van der Waals surface area contributed by atoms with E-state index in [0.29, 0.717) is 11.5 Å². The van der Waals surface area contributed by atoms with Crippen molar-refractivity contribution in [2.45, 2.75) is 52.0 Å². The minimum Gasteiger partial charge on any atom is -0.509 e. The Balaban J connectivity index is 0.00000176. The molecule has 1 aromatic rings. The Morgan fingerprint density at radius 1 is 1.23 bits per heavy atom. The number of carbonyl (C=O) groups excluding carboxylic acids is 1. The van der Waals surface area contributed by atoms with Crippen molar-refractivity contribution in [3.63, 3.8) is 0 Å². The zero-order chi connectivity index (χ0) is 15.2. The Kier molecular flexibility index (Phi) is 5.18.